The highest BCUT2D eigenvalue weighted by Gasteiger charge is 2.28. The topological polar surface area (TPSA) is 75.3 Å². The average Bonchev–Trinajstić information content (AvgIpc) is 2.92. The van der Waals surface area contributed by atoms with Gasteiger partial charge in [-0.2, -0.15) is 13.2 Å². The molecule has 0 bridgehead atoms. The van der Waals surface area contributed by atoms with E-state index in [1.807, 2.05) is 0 Å². The molecule has 1 amide bonds. The number of carbonyl (C=O) groups is 1. The van der Waals surface area contributed by atoms with E-state index in [1.54, 1.807) is 5.32 Å². The summed E-state index contributed by atoms with van der Waals surface area (Å²) >= 11 is 6.50. The van der Waals surface area contributed by atoms with Crippen LogP contribution >= 0.6 is 22.9 Å². The Hall–Kier alpha value is -1.78. The van der Waals surface area contributed by atoms with Gasteiger partial charge >= 0.3 is 6.18 Å². The number of alkyl halides is 3. The van der Waals surface area contributed by atoms with Crippen LogP contribution in [0.5, 0.6) is 0 Å². The summed E-state index contributed by atoms with van der Waals surface area (Å²) in [6.07, 6.45) is -4.57. The zero-order chi connectivity index (χ0) is 18.0. The fourth-order valence-corrected chi connectivity index (χ4v) is 4.25. The lowest BCUT2D eigenvalue weighted by Crippen LogP contribution is -2.34. The molecule has 1 heterocycles. The standard InChI is InChI=1S/C13H10ClF3N2O3S2/c14-10-5-6-11(23-10)24(21,22)19-9-4-2-1-3-8(9)12(20)18-7-13(15,16)17/h1-6,19H,7H2,(H,18,20). The van der Waals surface area contributed by atoms with Crippen LogP contribution < -0.4 is 10.0 Å². The van der Waals surface area contributed by atoms with Crippen LogP contribution in [-0.2, 0) is 10.0 Å². The molecule has 0 atom stereocenters. The van der Waals surface area contributed by atoms with Crippen LogP contribution in [0.4, 0.5) is 18.9 Å². The smallest absolute Gasteiger partial charge is 0.343 e. The van der Waals surface area contributed by atoms with Crippen molar-refractivity contribution in [3.63, 3.8) is 0 Å². The van der Waals surface area contributed by atoms with E-state index < -0.39 is 28.7 Å². The number of halogens is 4. The maximum atomic E-state index is 12.2. The van der Waals surface area contributed by atoms with E-state index >= 15 is 0 Å². The van der Waals surface area contributed by atoms with Gasteiger partial charge in [0.25, 0.3) is 15.9 Å². The van der Waals surface area contributed by atoms with Crippen LogP contribution in [0.15, 0.2) is 40.6 Å². The first-order valence-electron chi connectivity index (χ1n) is 6.31. The number of hydrogen-bond acceptors (Lipinski definition) is 4. The fourth-order valence-electron chi connectivity index (χ4n) is 1.68. The van der Waals surface area contributed by atoms with Crippen LogP contribution in [0.2, 0.25) is 4.34 Å². The lowest BCUT2D eigenvalue weighted by Gasteiger charge is -2.13. The molecule has 0 unspecified atom stereocenters. The summed E-state index contributed by atoms with van der Waals surface area (Å²) in [5.41, 5.74) is -0.366. The Bertz CT molecular complexity index is 850. The van der Waals surface area contributed by atoms with Crippen molar-refractivity contribution in [3.8, 4) is 0 Å². The van der Waals surface area contributed by atoms with Crippen molar-refractivity contribution >= 4 is 44.6 Å². The molecule has 0 radical (unpaired) electrons. The van der Waals surface area contributed by atoms with E-state index in [0.717, 1.165) is 11.3 Å². The number of rotatable bonds is 5. The Morgan fingerprint density at radius 1 is 1.17 bits per heavy atom. The van der Waals surface area contributed by atoms with Gasteiger partial charge in [-0.1, -0.05) is 23.7 Å². The molecule has 130 valence electrons. The van der Waals surface area contributed by atoms with Gasteiger partial charge in [-0.05, 0) is 24.3 Å². The molecule has 1 aromatic heterocycles. The minimum atomic E-state index is -4.57. The van der Waals surface area contributed by atoms with Gasteiger partial charge < -0.3 is 5.32 Å². The third-order valence-corrected chi connectivity index (χ3v) is 5.77. The van der Waals surface area contributed by atoms with Crippen LogP contribution in [0.25, 0.3) is 0 Å². The van der Waals surface area contributed by atoms with Crippen molar-refractivity contribution in [3.05, 3.63) is 46.3 Å². The monoisotopic (exact) mass is 398 g/mol. The molecule has 0 aliphatic rings. The number of thiophene rings is 1. The van der Waals surface area contributed by atoms with Crippen molar-refractivity contribution in [1.29, 1.82) is 0 Å². The quantitative estimate of drug-likeness (QED) is 0.809. The van der Waals surface area contributed by atoms with E-state index in [9.17, 15) is 26.4 Å². The lowest BCUT2D eigenvalue weighted by molar-refractivity contribution is -0.123. The van der Waals surface area contributed by atoms with E-state index in [1.165, 1.54) is 36.4 Å². The molecular weight excluding hydrogens is 389 g/mol. The van der Waals surface area contributed by atoms with Gasteiger partial charge in [0.15, 0.2) is 0 Å². The molecule has 2 aromatic rings. The number of sulfonamides is 1. The number of carbonyl (C=O) groups excluding carboxylic acids is 1. The number of hydrogen-bond donors (Lipinski definition) is 2. The third kappa shape index (κ3) is 4.86. The Labute approximate surface area is 144 Å². The molecule has 24 heavy (non-hydrogen) atoms. The molecule has 2 rings (SSSR count). The summed E-state index contributed by atoms with van der Waals surface area (Å²) in [5.74, 6) is -1.05. The van der Waals surface area contributed by atoms with Crippen LogP contribution in [0, 0.1) is 0 Å². The lowest BCUT2D eigenvalue weighted by atomic mass is 10.1. The van der Waals surface area contributed by atoms with Crippen molar-refractivity contribution in [1.82, 2.24) is 5.32 Å². The predicted octanol–water partition coefficient (Wildman–Crippen LogP) is 3.49. The second kappa shape index (κ2) is 6.99. The number of amides is 1. The maximum absolute atomic E-state index is 12.2. The molecule has 1 aromatic carbocycles. The summed E-state index contributed by atoms with van der Waals surface area (Å²) in [4.78, 5) is 11.9. The van der Waals surface area contributed by atoms with E-state index in [4.69, 9.17) is 11.6 Å². The second-order valence-corrected chi connectivity index (χ2v) is 8.13. The summed E-state index contributed by atoms with van der Waals surface area (Å²) in [6.45, 7) is -1.52. The number of para-hydroxylation sites is 1. The molecule has 0 aliphatic carbocycles. The highest BCUT2D eigenvalue weighted by atomic mass is 35.5. The highest BCUT2D eigenvalue weighted by molar-refractivity contribution is 7.94. The summed E-state index contributed by atoms with van der Waals surface area (Å²) < 4.78 is 63.4. The highest BCUT2D eigenvalue weighted by Crippen LogP contribution is 2.28. The minimum Gasteiger partial charge on any atom is -0.343 e. The zero-order valence-corrected chi connectivity index (χ0v) is 14.1. The first-order valence-corrected chi connectivity index (χ1v) is 8.98. The molecular formula is C13H10ClF3N2O3S2. The fraction of sp³-hybridized carbons (Fsp3) is 0.154. The molecule has 0 saturated heterocycles. The number of nitrogens with one attached hydrogen (secondary N) is 2. The maximum Gasteiger partial charge on any atom is 0.405 e. The SMILES string of the molecule is O=C(NCC(F)(F)F)c1ccccc1NS(=O)(=O)c1ccc(Cl)s1. The predicted molar refractivity (Wildman–Crippen MR) is 85.0 cm³/mol. The van der Waals surface area contributed by atoms with Crippen LogP contribution in [0.1, 0.15) is 10.4 Å². The van der Waals surface area contributed by atoms with Gasteiger partial charge in [0.1, 0.15) is 10.8 Å². The minimum absolute atomic E-state index is 0.0852. The van der Waals surface area contributed by atoms with Crippen LogP contribution in [-0.4, -0.2) is 27.0 Å². The van der Waals surface area contributed by atoms with E-state index in [2.05, 4.69) is 4.72 Å². The Balaban J connectivity index is 2.24. The van der Waals surface area contributed by atoms with Gasteiger partial charge in [-0.25, -0.2) is 8.42 Å². The number of benzene rings is 1. The van der Waals surface area contributed by atoms with Gasteiger partial charge in [0, 0.05) is 0 Å². The third-order valence-electron chi connectivity index (χ3n) is 2.68. The van der Waals surface area contributed by atoms with Crippen molar-refractivity contribution in [2.45, 2.75) is 10.4 Å². The summed E-state index contributed by atoms with van der Waals surface area (Å²) in [6, 6.07) is 8.01. The zero-order valence-electron chi connectivity index (χ0n) is 11.7. The van der Waals surface area contributed by atoms with Gasteiger partial charge in [-0.3, -0.25) is 9.52 Å². The first kappa shape index (κ1) is 18.6. The summed E-state index contributed by atoms with van der Waals surface area (Å²) in [5, 5.41) is 1.69. The van der Waals surface area contributed by atoms with Crippen LogP contribution in [0.3, 0.4) is 0 Å². The Morgan fingerprint density at radius 3 is 2.42 bits per heavy atom. The largest absolute Gasteiger partial charge is 0.405 e. The van der Waals surface area contributed by atoms with Gasteiger partial charge in [0.2, 0.25) is 0 Å². The Kier molecular flexibility index (Phi) is 5.41. The number of anilines is 1. The second-order valence-electron chi connectivity index (χ2n) is 4.51. The first-order chi connectivity index (χ1) is 11.1. The molecule has 2 N–H and O–H groups in total. The van der Waals surface area contributed by atoms with Crippen molar-refractivity contribution < 1.29 is 26.4 Å². The molecule has 0 saturated carbocycles. The molecule has 0 spiro atoms. The molecule has 0 fully saturated rings. The van der Waals surface area contributed by atoms with Gasteiger partial charge in [0.05, 0.1) is 15.6 Å². The van der Waals surface area contributed by atoms with E-state index in [-0.39, 0.29) is 19.8 Å². The Morgan fingerprint density at radius 2 is 1.83 bits per heavy atom. The van der Waals surface area contributed by atoms with Crippen molar-refractivity contribution in [2.24, 2.45) is 0 Å². The van der Waals surface area contributed by atoms with E-state index in [0.29, 0.717) is 0 Å². The average molecular weight is 399 g/mol. The molecule has 11 heteroatoms. The molecule has 5 nitrogen and oxygen atoms in total. The van der Waals surface area contributed by atoms with Gasteiger partial charge in [-0.15, -0.1) is 11.3 Å². The summed E-state index contributed by atoms with van der Waals surface area (Å²) in [7, 11) is -4.01. The van der Waals surface area contributed by atoms with Crippen molar-refractivity contribution in [2.75, 3.05) is 11.3 Å². The normalized spacial score (nSPS) is 12.0. The molecule has 0 aliphatic heterocycles.